The highest BCUT2D eigenvalue weighted by Crippen LogP contribution is 2.34. The van der Waals surface area contributed by atoms with Gasteiger partial charge in [-0.3, -0.25) is 24.3 Å². The molecule has 32 heavy (non-hydrogen) atoms. The summed E-state index contributed by atoms with van der Waals surface area (Å²) in [6.45, 7) is 3.48. The number of fused-ring (bicyclic) bond motifs is 1. The first-order chi connectivity index (χ1) is 15.3. The van der Waals surface area contributed by atoms with Crippen LogP contribution in [0.2, 0.25) is 0 Å². The molecule has 11 heteroatoms. The summed E-state index contributed by atoms with van der Waals surface area (Å²) in [5, 5.41) is 8.83. The Hall–Kier alpha value is -3.57. The molecule has 3 N–H and O–H groups in total. The summed E-state index contributed by atoms with van der Waals surface area (Å²) in [7, 11) is 0. The Labute approximate surface area is 189 Å². The van der Waals surface area contributed by atoms with Gasteiger partial charge in [0.2, 0.25) is 11.8 Å². The Morgan fingerprint density at radius 2 is 1.84 bits per heavy atom. The van der Waals surface area contributed by atoms with Crippen LogP contribution in [0.3, 0.4) is 0 Å². The van der Waals surface area contributed by atoms with Crippen molar-refractivity contribution in [2.75, 3.05) is 5.32 Å². The number of amides is 2. The van der Waals surface area contributed by atoms with Gasteiger partial charge in [-0.25, -0.2) is 9.67 Å². The third kappa shape index (κ3) is 4.53. The number of thiazole rings is 1. The minimum atomic E-state index is -0.476. The fourth-order valence-corrected chi connectivity index (χ4v) is 5.05. The number of aromatic amines is 1. The second-order valence-corrected chi connectivity index (χ2v) is 9.40. The van der Waals surface area contributed by atoms with E-state index in [1.54, 1.807) is 24.3 Å². The highest BCUT2D eigenvalue weighted by atomic mass is 32.1. The molecule has 0 aliphatic carbocycles. The largest absolute Gasteiger partial charge is 0.351 e. The van der Waals surface area contributed by atoms with E-state index in [2.05, 4.69) is 20.7 Å². The lowest BCUT2D eigenvalue weighted by atomic mass is 10.2. The predicted molar refractivity (Wildman–Crippen MR) is 125 cm³/mol. The Morgan fingerprint density at radius 1 is 1.09 bits per heavy atom. The summed E-state index contributed by atoms with van der Waals surface area (Å²) >= 11 is 2.83. The molecule has 0 fully saturated rings. The fourth-order valence-electron chi connectivity index (χ4n) is 3.15. The second-order valence-electron chi connectivity index (χ2n) is 7.03. The first-order valence-electron chi connectivity index (χ1n) is 9.64. The highest BCUT2D eigenvalue weighted by Gasteiger charge is 2.15. The Morgan fingerprint density at radius 3 is 2.59 bits per heavy atom. The van der Waals surface area contributed by atoms with Crippen LogP contribution in [0.5, 0.6) is 0 Å². The summed E-state index contributed by atoms with van der Waals surface area (Å²) in [5.74, 6) is -0.572. The lowest BCUT2D eigenvalue weighted by Crippen LogP contribution is -2.34. The zero-order valence-corrected chi connectivity index (χ0v) is 18.9. The van der Waals surface area contributed by atoms with Gasteiger partial charge in [-0.1, -0.05) is 12.1 Å². The number of nitrogens with zero attached hydrogens (tertiary/aromatic N) is 2. The molecule has 3 heterocycles. The van der Waals surface area contributed by atoms with Crippen LogP contribution < -0.4 is 21.8 Å². The van der Waals surface area contributed by atoms with E-state index in [4.69, 9.17) is 0 Å². The normalized spacial score (nSPS) is 10.9. The van der Waals surface area contributed by atoms with Crippen molar-refractivity contribution in [1.82, 2.24) is 20.1 Å². The standard InChI is InChI=1S/C21H19N5O4S2/c1-11-18(16-8-7-13(32-16)9-22-12(2)27)24-21(31-11)23-17(28)10-26-20(30)15-6-4-3-5-14(15)19(29)25-26/h3-8H,9-10H2,1-2H3,(H,22,27)(H,25,29)(H,23,24,28). The van der Waals surface area contributed by atoms with Crippen LogP contribution in [0.4, 0.5) is 5.13 Å². The maximum atomic E-state index is 12.6. The predicted octanol–water partition coefficient (Wildman–Crippen LogP) is 2.46. The van der Waals surface area contributed by atoms with E-state index < -0.39 is 17.0 Å². The molecule has 9 nitrogen and oxygen atoms in total. The number of anilines is 1. The first-order valence-corrected chi connectivity index (χ1v) is 11.3. The molecule has 0 unspecified atom stereocenters. The van der Waals surface area contributed by atoms with Crippen LogP contribution in [0, 0.1) is 6.92 Å². The number of aromatic nitrogens is 3. The van der Waals surface area contributed by atoms with Gasteiger partial charge in [0.05, 0.1) is 27.9 Å². The zero-order valence-electron chi connectivity index (χ0n) is 17.2. The molecule has 0 saturated carbocycles. The molecule has 3 aromatic heterocycles. The number of H-pyrrole nitrogens is 1. The highest BCUT2D eigenvalue weighted by molar-refractivity contribution is 7.18. The lowest BCUT2D eigenvalue weighted by molar-refractivity contribution is -0.119. The molecule has 164 valence electrons. The number of thiophene rings is 1. The quantitative estimate of drug-likeness (QED) is 0.400. The van der Waals surface area contributed by atoms with Crippen LogP contribution in [0.15, 0.2) is 46.0 Å². The molecule has 0 aliphatic rings. The van der Waals surface area contributed by atoms with Crippen molar-refractivity contribution in [3.8, 4) is 10.6 Å². The maximum absolute atomic E-state index is 12.6. The molecule has 4 aromatic rings. The third-order valence-corrected chi connectivity index (χ3v) is 6.61. The SMILES string of the molecule is CC(=O)NCc1ccc(-c2nc(NC(=O)Cn3[nH]c(=O)c4ccccc4c3=O)sc2C)s1. The molecule has 0 atom stereocenters. The number of aryl methyl sites for hydroxylation is 1. The Balaban J connectivity index is 1.50. The number of hydrogen-bond acceptors (Lipinski definition) is 7. The van der Waals surface area contributed by atoms with E-state index in [0.717, 1.165) is 25.0 Å². The van der Waals surface area contributed by atoms with Gasteiger partial charge in [0.15, 0.2) is 5.13 Å². The summed E-state index contributed by atoms with van der Waals surface area (Å²) in [4.78, 5) is 55.8. The number of hydrogen-bond donors (Lipinski definition) is 3. The maximum Gasteiger partial charge on any atom is 0.273 e. The van der Waals surface area contributed by atoms with Gasteiger partial charge in [-0.15, -0.1) is 22.7 Å². The van der Waals surface area contributed by atoms with Gasteiger partial charge in [-0.2, -0.15) is 0 Å². The molecule has 0 saturated heterocycles. The summed E-state index contributed by atoms with van der Waals surface area (Å²) < 4.78 is 0.995. The average Bonchev–Trinajstić information content (AvgIpc) is 3.36. The molecule has 0 bridgehead atoms. The van der Waals surface area contributed by atoms with Crippen molar-refractivity contribution in [2.24, 2.45) is 0 Å². The van der Waals surface area contributed by atoms with Gasteiger partial charge >= 0.3 is 0 Å². The van der Waals surface area contributed by atoms with E-state index in [1.807, 2.05) is 19.1 Å². The number of carbonyl (C=O) groups excluding carboxylic acids is 2. The topological polar surface area (TPSA) is 126 Å². The van der Waals surface area contributed by atoms with Crippen LogP contribution >= 0.6 is 22.7 Å². The molecule has 4 rings (SSSR count). The van der Waals surface area contributed by atoms with Gasteiger partial charge in [0.1, 0.15) is 6.54 Å². The van der Waals surface area contributed by atoms with E-state index in [9.17, 15) is 19.2 Å². The molecule has 0 radical (unpaired) electrons. The second kappa shape index (κ2) is 8.89. The van der Waals surface area contributed by atoms with Gasteiger partial charge in [0, 0.05) is 16.7 Å². The minimum Gasteiger partial charge on any atom is -0.351 e. The molecule has 2 amide bonds. The van der Waals surface area contributed by atoms with Crippen molar-refractivity contribution in [3.05, 3.63) is 66.9 Å². The van der Waals surface area contributed by atoms with E-state index in [0.29, 0.717) is 11.7 Å². The average molecular weight is 470 g/mol. The smallest absolute Gasteiger partial charge is 0.273 e. The summed E-state index contributed by atoms with van der Waals surface area (Å²) in [5.41, 5.74) is -0.134. The van der Waals surface area contributed by atoms with Gasteiger partial charge < -0.3 is 10.6 Å². The monoisotopic (exact) mass is 469 g/mol. The molecular formula is C21H19N5O4S2. The van der Waals surface area contributed by atoms with Crippen molar-refractivity contribution >= 4 is 50.4 Å². The molecular weight excluding hydrogens is 450 g/mol. The fraction of sp³-hybridized carbons (Fsp3) is 0.190. The van der Waals surface area contributed by atoms with Gasteiger partial charge in [-0.05, 0) is 31.2 Å². The van der Waals surface area contributed by atoms with Crippen molar-refractivity contribution in [3.63, 3.8) is 0 Å². The van der Waals surface area contributed by atoms with Crippen LogP contribution in [-0.4, -0.2) is 26.6 Å². The number of nitrogens with one attached hydrogen (secondary N) is 3. The van der Waals surface area contributed by atoms with Crippen molar-refractivity contribution < 1.29 is 9.59 Å². The van der Waals surface area contributed by atoms with Crippen molar-refractivity contribution in [1.29, 1.82) is 0 Å². The van der Waals surface area contributed by atoms with E-state index >= 15 is 0 Å². The minimum absolute atomic E-state index is 0.0957. The van der Waals surface area contributed by atoms with E-state index in [-0.39, 0.29) is 23.2 Å². The first kappa shape index (κ1) is 21.7. The summed E-state index contributed by atoms with van der Waals surface area (Å²) in [6, 6.07) is 10.3. The molecule has 0 aliphatic heterocycles. The Kier molecular flexibility index (Phi) is 6.01. The van der Waals surface area contributed by atoms with Crippen LogP contribution in [0.1, 0.15) is 16.7 Å². The van der Waals surface area contributed by atoms with Crippen molar-refractivity contribution in [2.45, 2.75) is 26.9 Å². The Bertz CT molecular complexity index is 1450. The molecule has 1 aromatic carbocycles. The van der Waals surface area contributed by atoms with Gasteiger partial charge in [0.25, 0.3) is 11.1 Å². The third-order valence-electron chi connectivity index (χ3n) is 4.64. The van der Waals surface area contributed by atoms with E-state index in [1.165, 1.54) is 29.6 Å². The number of rotatable bonds is 6. The summed E-state index contributed by atoms with van der Waals surface area (Å²) in [6.07, 6.45) is 0. The van der Waals surface area contributed by atoms with Crippen LogP contribution in [-0.2, 0) is 22.7 Å². The van der Waals surface area contributed by atoms with Crippen LogP contribution in [0.25, 0.3) is 21.3 Å². The number of benzene rings is 1. The zero-order chi connectivity index (χ0) is 22.8. The number of carbonyl (C=O) groups is 2. The molecule has 0 spiro atoms. The lowest BCUT2D eigenvalue weighted by Gasteiger charge is -2.06.